The first-order valence-electron chi connectivity index (χ1n) is 8.85. The van der Waals surface area contributed by atoms with Crippen LogP contribution in [0.5, 0.6) is 11.5 Å². The molecule has 0 bridgehead atoms. The van der Waals surface area contributed by atoms with Crippen molar-refractivity contribution >= 4 is 22.5 Å². The molecule has 1 aliphatic carbocycles. The molecule has 1 aliphatic rings. The van der Waals surface area contributed by atoms with Crippen molar-refractivity contribution in [2.24, 2.45) is 0 Å². The quantitative estimate of drug-likeness (QED) is 0.489. The summed E-state index contributed by atoms with van der Waals surface area (Å²) in [6.07, 6.45) is 4.80. The molecule has 0 aliphatic heterocycles. The molecule has 0 radical (unpaired) electrons. The number of hydrogen-bond acceptors (Lipinski definition) is 3. The molecular formula is C20H17ClN4O2. The lowest BCUT2D eigenvalue weighted by Crippen LogP contribution is -2.01. The number of H-pyrrole nitrogens is 3. The number of aryl methyl sites for hydroxylation is 1. The molecular weight excluding hydrogens is 364 g/mol. The first-order valence-corrected chi connectivity index (χ1v) is 9.23. The third-order valence-corrected chi connectivity index (χ3v) is 5.42. The topological polar surface area (TPSA) is 86.6 Å². The van der Waals surface area contributed by atoms with Crippen LogP contribution in [0.3, 0.4) is 0 Å². The number of aromatic amines is 3. The van der Waals surface area contributed by atoms with Crippen molar-refractivity contribution in [1.82, 2.24) is 20.2 Å². The summed E-state index contributed by atoms with van der Waals surface area (Å²) in [6, 6.07) is 7.80. The van der Waals surface area contributed by atoms with Crippen molar-refractivity contribution in [2.75, 3.05) is 0 Å². The largest absolute Gasteiger partial charge is 0.455 e. The summed E-state index contributed by atoms with van der Waals surface area (Å²) in [5, 5.41) is 8.12. The summed E-state index contributed by atoms with van der Waals surface area (Å²) in [7, 11) is 0. The summed E-state index contributed by atoms with van der Waals surface area (Å²) in [4.78, 5) is 17.4. The van der Waals surface area contributed by atoms with Gasteiger partial charge in [-0.05, 0) is 61.6 Å². The molecule has 0 unspecified atom stereocenters. The summed E-state index contributed by atoms with van der Waals surface area (Å²) in [6.45, 7) is 2.06. The Balaban J connectivity index is 1.61. The number of rotatable bonds is 3. The van der Waals surface area contributed by atoms with Crippen molar-refractivity contribution < 1.29 is 4.74 Å². The van der Waals surface area contributed by atoms with Crippen LogP contribution in [0.4, 0.5) is 0 Å². The van der Waals surface area contributed by atoms with Gasteiger partial charge in [-0.1, -0.05) is 11.6 Å². The van der Waals surface area contributed by atoms with Crippen LogP contribution in [-0.4, -0.2) is 20.2 Å². The first-order chi connectivity index (χ1) is 13.1. The van der Waals surface area contributed by atoms with Crippen LogP contribution >= 0.6 is 11.6 Å². The van der Waals surface area contributed by atoms with Crippen molar-refractivity contribution in [3.05, 3.63) is 62.7 Å². The van der Waals surface area contributed by atoms with Crippen LogP contribution in [0.25, 0.3) is 22.3 Å². The fraction of sp³-hybridized carbons (Fsp3) is 0.200. The van der Waals surface area contributed by atoms with Gasteiger partial charge in [0.25, 0.3) is 0 Å². The van der Waals surface area contributed by atoms with Gasteiger partial charge >= 0.3 is 5.69 Å². The maximum Gasteiger partial charge on any atom is 0.340 e. The van der Waals surface area contributed by atoms with Crippen molar-refractivity contribution in [3.63, 3.8) is 0 Å². The minimum absolute atomic E-state index is 0.330. The summed E-state index contributed by atoms with van der Waals surface area (Å²) < 4.78 is 6.23. The Hall–Kier alpha value is -2.99. The van der Waals surface area contributed by atoms with Gasteiger partial charge in [0.2, 0.25) is 0 Å². The molecule has 2 aromatic carbocycles. The van der Waals surface area contributed by atoms with Crippen LogP contribution in [0.15, 0.2) is 35.3 Å². The van der Waals surface area contributed by atoms with E-state index in [0.717, 1.165) is 52.6 Å². The molecule has 27 heavy (non-hydrogen) atoms. The van der Waals surface area contributed by atoms with E-state index in [1.54, 1.807) is 0 Å². The van der Waals surface area contributed by atoms with Crippen LogP contribution in [-0.2, 0) is 12.8 Å². The second-order valence-corrected chi connectivity index (χ2v) is 7.26. The van der Waals surface area contributed by atoms with E-state index in [1.165, 1.54) is 5.56 Å². The van der Waals surface area contributed by atoms with Gasteiger partial charge in [-0.3, -0.25) is 4.98 Å². The Morgan fingerprint density at radius 2 is 2.04 bits per heavy atom. The number of nitrogens with zero attached hydrogens (tertiary/aromatic N) is 1. The van der Waals surface area contributed by atoms with Gasteiger partial charge < -0.3 is 9.72 Å². The van der Waals surface area contributed by atoms with E-state index >= 15 is 0 Å². The predicted molar refractivity (Wildman–Crippen MR) is 105 cm³/mol. The number of fused-ring (bicyclic) bond motifs is 2. The third-order valence-electron chi connectivity index (χ3n) is 5.14. The van der Waals surface area contributed by atoms with E-state index in [0.29, 0.717) is 16.6 Å². The van der Waals surface area contributed by atoms with Crippen LogP contribution in [0, 0.1) is 6.92 Å². The van der Waals surface area contributed by atoms with E-state index in [2.05, 4.69) is 27.1 Å². The van der Waals surface area contributed by atoms with Crippen LogP contribution in [0.1, 0.15) is 23.1 Å². The summed E-state index contributed by atoms with van der Waals surface area (Å²) in [5.41, 5.74) is 5.00. The van der Waals surface area contributed by atoms with Gasteiger partial charge in [0.1, 0.15) is 11.5 Å². The number of benzene rings is 2. The molecule has 4 aromatic rings. The standard InChI is InChI=1S/C20H17ClN4O2/c1-10-9-22-17-6-5-11(7-14(10)17)27-18-13-4-2-3-12(13)15(8-16(18)21)19-23-20(26)25-24-19/h5-9,22H,2-4H2,1H3,(H2,23,24,25,26). The SMILES string of the molecule is Cc1c[nH]c2ccc(Oc3c(Cl)cc(-c4n[nH]c(=O)[nH]4)c4c3CCC4)cc12. The third kappa shape index (κ3) is 2.64. The van der Waals surface area contributed by atoms with E-state index in [1.807, 2.05) is 30.5 Å². The van der Waals surface area contributed by atoms with Gasteiger partial charge in [0.05, 0.1) is 5.02 Å². The Labute approximate surface area is 159 Å². The molecule has 0 amide bonds. The lowest BCUT2D eigenvalue weighted by Gasteiger charge is -2.15. The summed E-state index contributed by atoms with van der Waals surface area (Å²) >= 11 is 6.59. The number of hydrogen-bond donors (Lipinski definition) is 3. The fourth-order valence-corrected chi connectivity index (χ4v) is 4.12. The van der Waals surface area contributed by atoms with E-state index in [-0.39, 0.29) is 5.69 Å². The molecule has 3 N–H and O–H groups in total. The van der Waals surface area contributed by atoms with Gasteiger partial charge in [-0.2, -0.15) is 5.10 Å². The molecule has 0 fully saturated rings. The highest BCUT2D eigenvalue weighted by Crippen LogP contribution is 2.43. The second-order valence-electron chi connectivity index (χ2n) is 6.85. The highest BCUT2D eigenvalue weighted by molar-refractivity contribution is 6.32. The molecule has 6 nitrogen and oxygen atoms in total. The Morgan fingerprint density at radius 3 is 2.85 bits per heavy atom. The molecule has 0 atom stereocenters. The van der Waals surface area contributed by atoms with Gasteiger partial charge in [-0.15, -0.1) is 0 Å². The second kappa shape index (κ2) is 6.03. The predicted octanol–water partition coefficient (Wildman–Crippen LogP) is 4.49. The molecule has 5 rings (SSSR count). The minimum Gasteiger partial charge on any atom is -0.455 e. The van der Waals surface area contributed by atoms with Gasteiger partial charge in [0.15, 0.2) is 5.82 Å². The number of halogens is 1. The molecule has 0 saturated heterocycles. The normalized spacial score (nSPS) is 13.3. The zero-order valence-electron chi connectivity index (χ0n) is 14.6. The summed E-state index contributed by atoms with van der Waals surface area (Å²) in [5.74, 6) is 1.96. The fourth-order valence-electron chi connectivity index (χ4n) is 3.85. The zero-order chi connectivity index (χ0) is 18.5. The Bertz CT molecular complexity index is 1230. The zero-order valence-corrected chi connectivity index (χ0v) is 15.4. The van der Waals surface area contributed by atoms with E-state index < -0.39 is 0 Å². The van der Waals surface area contributed by atoms with Crippen LogP contribution < -0.4 is 10.4 Å². The molecule has 2 aromatic heterocycles. The van der Waals surface area contributed by atoms with Crippen molar-refractivity contribution in [2.45, 2.75) is 26.2 Å². The molecule has 0 spiro atoms. The molecule has 0 saturated carbocycles. The lowest BCUT2D eigenvalue weighted by atomic mass is 10.0. The van der Waals surface area contributed by atoms with Crippen molar-refractivity contribution in [3.8, 4) is 22.9 Å². The number of nitrogens with one attached hydrogen (secondary N) is 3. The minimum atomic E-state index is -0.330. The highest BCUT2D eigenvalue weighted by Gasteiger charge is 2.25. The molecule has 7 heteroatoms. The average Bonchev–Trinajstić information content (AvgIpc) is 3.38. The lowest BCUT2D eigenvalue weighted by molar-refractivity contribution is 0.478. The average molecular weight is 381 g/mol. The highest BCUT2D eigenvalue weighted by atomic mass is 35.5. The maximum absolute atomic E-state index is 11.4. The molecule has 136 valence electrons. The monoisotopic (exact) mass is 380 g/mol. The molecule has 2 heterocycles. The van der Waals surface area contributed by atoms with Gasteiger partial charge in [-0.25, -0.2) is 9.89 Å². The Morgan fingerprint density at radius 1 is 1.19 bits per heavy atom. The van der Waals surface area contributed by atoms with Crippen molar-refractivity contribution in [1.29, 1.82) is 0 Å². The smallest absolute Gasteiger partial charge is 0.340 e. The maximum atomic E-state index is 11.4. The van der Waals surface area contributed by atoms with Gasteiger partial charge in [0, 0.05) is 28.2 Å². The number of ether oxygens (including phenoxy) is 1. The van der Waals surface area contributed by atoms with E-state index in [9.17, 15) is 4.79 Å². The Kier molecular flexibility index (Phi) is 3.62. The van der Waals surface area contributed by atoms with Crippen LogP contribution in [0.2, 0.25) is 5.02 Å². The number of aromatic nitrogens is 4. The van der Waals surface area contributed by atoms with E-state index in [4.69, 9.17) is 16.3 Å². The first kappa shape index (κ1) is 16.2.